The molecule has 0 aliphatic carbocycles. The normalized spacial score (nSPS) is 17.2. The Morgan fingerprint density at radius 3 is 1.52 bits per heavy atom. The number of pyridine rings is 6. The Kier molecular flexibility index (Phi) is 34.0. The first-order valence-electron chi connectivity index (χ1n) is 29.0. The number of ether oxygens (including phenoxy) is 8. The molecular formula is C60H72B3Cl4N9O16P. The minimum absolute atomic E-state index is 0.0709. The minimum atomic E-state index is -3.22. The molecule has 5 aliphatic heterocycles. The van der Waals surface area contributed by atoms with Crippen molar-refractivity contribution in [2.24, 2.45) is 5.64 Å². The van der Waals surface area contributed by atoms with Crippen LogP contribution < -0.4 is 26.4 Å². The van der Waals surface area contributed by atoms with Gasteiger partial charge >= 0.3 is 60.2 Å². The molecule has 0 aromatic carbocycles. The van der Waals surface area contributed by atoms with E-state index in [2.05, 4.69) is 82.8 Å². The SMILES string of the molecule is C=C(C)c1nc(OC)ccc1C(=O)OC.CB=N.CC1COC(=O)c2ccc(=O)[nH]c21.CC1COC(=O)c2ccc(Cl)nc21.CC1COC(=O)c2ccc(N)nc21.COc1ccc2c(n1)C(C)COC2=O.O=P(Cl)(Cl)Cl.[2H]C[B]N.[2H]c1ccc2c(n1)C(C)COC2=O.[B]C. The smallest absolute Gasteiger partial charge is 0.340 e. The van der Waals surface area contributed by atoms with Crippen LogP contribution in [0.4, 0.5) is 5.82 Å². The molecule has 11 rings (SSSR count). The van der Waals surface area contributed by atoms with Gasteiger partial charge in [-0.25, -0.2) is 48.7 Å². The van der Waals surface area contributed by atoms with Gasteiger partial charge in [0.2, 0.25) is 17.3 Å². The number of anilines is 1. The monoisotopic (exact) mass is 1380 g/mol. The Bertz CT molecular complexity index is 3570. The van der Waals surface area contributed by atoms with Gasteiger partial charge < -0.3 is 54.3 Å². The number of esters is 6. The molecular weight excluding hydrogens is 1310 g/mol. The third-order valence-electron chi connectivity index (χ3n) is 12.4. The quantitative estimate of drug-likeness (QED) is 0.0419. The van der Waals surface area contributed by atoms with E-state index in [0.29, 0.717) is 112 Å². The predicted octanol–water partition coefficient (Wildman–Crippen LogP) is 11.4. The number of hydrogen-bond donors (Lipinski definition) is 4. The molecule has 25 nitrogen and oxygen atoms in total. The van der Waals surface area contributed by atoms with E-state index in [0.717, 1.165) is 17.1 Å². The number of nitrogens with zero attached hydrogens (tertiary/aromatic N) is 5. The second-order valence-corrected chi connectivity index (χ2v) is 26.5. The molecule has 6 aromatic heterocycles. The van der Waals surface area contributed by atoms with Gasteiger partial charge in [0.05, 0.1) is 125 Å². The van der Waals surface area contributed by atoms with Crippen molar-refractivity contribution in [3.8, 4) is 11.8 Å². The number of halogens is 4. The molecule has 33 heteroatoms. The van der Waals surface area contributed by atoms with Crippen molar-refractivity contribution >= 4 is 120 Å². The average Bonchev–Trinajstić information content (AvgIpc) is 0.904. The van der Waals surface area contributed by atoms with E-state index in [4.69, 9.17) is 64.2 Å². The van der Waals surface area contributed by atoms with Gasteiger partial charge in [0.1, 0.15) is 11.0 Å². The van der Waals surface area contributed by atoms with Gasteiger partial charge in [-0.15, -0.1) is 0 Å². The maximum Gasteiger partial charge on any atom is 0.340 e. The number of nitrogens with two attached hydrogens (primary N) is 2. The number of nitrogens with one attached hydrogen (secondary N) is 2. The number of H-pyrrole nitrogens is 1. The zero-order chi connectivity index (χ0) is 71.9. The first-order chi connectivity index (χ1) is 44.9. The summed E-state index contributed by atoms with van der Waals surface area (Å²) in [6, 6.07) is 19.0. The van der Waals surface area contributed by atoms with Crippen molar-refractivity contribution < 1.29 is 74.0 Å². The number of aromatic nitrogens is 6. The zero-order valence-corrected chi connectivity index (χ0v) is 56.8. The van der Waals surface area contributed by atoms with Gasteiger partial charge in [-0.1, -0.05) is 66.4 Å². The van der Waals surface area contributed by atoms with Crippen LogP contribution in [0.5, 0.6) is 11.8 Å². The molecule has 5 unspecified atom stereocenters. The molecule has 3 radical (unpaired) electrons. The number of aromatic amines is 1. The molecule has 6 aromatic rings. The largest absolute Gasteiger partial charge is 0.481 e. The Morgan fingerprint density at radius 1 is 0.667 bits per heavy atom. The van der Waals surface area contributed by atoms with E-state index in [1.54, 1.807) is 75.5 Å². The topological polar surface area (TPSA) is 367 Å². The van der Waals surface area contributed by atoms with E-state index in [-0.39, 0.29) is 78.0 Å². The standard InChI is InChI=1S/C11H13NO3.C10H11NO3.C9H8ClNO2.C9H10N2O2.C9H9NO3.C9H9NO2.CH5BN.CH4BN.CH3B.Cl3OP/c1-7(2)10-8(11(13)15-4)5-6-9(12-10)14-3;1-6-5-14-10(12)7-3-4-8(13-2)11-9(6)7;2*1-5-4-13-9(12)6-2-3-7(10)11-8(5)6;1-5-4-13-9(12)6-2-3-7(11)10-8(5)6;1-6-5-12-9(11)7-3-2-4-10-8(6)7;2*1-2-3;1-2;1-5(2,3)4/h5-6H,1H2,2-4H3;3-4,6H,5H2,1-2H3;2-3,5H,4H2,1H3;2-3,5H,4H2,1H3,(H2,10,11);2-3,5H,4H2,1H3,(H,10,11);2-4,6H,5H2,1H3;3H2,1H3;3H,1H3;1H3;/i;;;;;4D;1D;;;. The molecule has 0 fully saturated rings. The van der Waals surface area contributed by atoms with Crippen LogP contribution in [-0.2, 0) is 33.0 Å². The molecule has 93 heavy (non-hydrogen) atoms. The summed E-state index contributed by atoms with van der Waals surface area (Å²) < 4.78 is 62.4. The fourth-order valence-electron chi connectivity index (χ4n) is 8.08. The molecule has 0 spiro atoms. The Labute approximate surface area is 564 Å². The van der Waals surface area contributed by atoms with Crippen LogP contribution in [0.3, 0.4) is 0 Å². The molecule has 5 aliphatic rings. The Hall–Kier alpha value is -8.00. The summed E-state index contributed by atoms with van der Waals surface area (Å²) in [5, 5.41) is 3.28. The van der Waals surface area contributed by atoms with Crippen molar-refractivity contribution in [2.75, 3.05) is 60.1 Å². The Morgan fingerprint density at radius 2 is 1.05 bits per heavy atom. The number of nitrogen functional groups attached to an aromatic ring is 1. The third-order valence-corrected chi connectivity index (χ3v) is 12.6. The number of rotatable bonds is 4. The van der Waals surface area contributed by atoms with E-state index in [1.807, 2.05) is 34.6 Å². The van der Waals surface area contributed by atoms with Crippen LogP contribution in [0.1, 0.15) is 170 Å². The predicted molar refractivity (Wildman–Crippen MR) is 357 cm³/mol. The number of hydrogen-bond acceptors (Lipinski definition) is 24. The number of methoxy groups -OCH3 is 3. The summed E-state index contributed by atoms with van der Waals surface area (Å²) in [6.07, 6.45) is 0.195. The molecule has 5 atom stereocenters. The first-order valence-corrected chi connectivity index (χ1v) is 32.6. The summed E-state index contributed by atoms with van der Waals surface area (Å²) >= 11 is 19.6. The summed E-state index contributed by atoms with van der Waals surface area (Å²) in [5.74, 6) is -0.0366. The van der Waals surface area contributed by atoms with Crippen LogP contribution in [0.2, 0.25) is 25.6 Å². The molecule has 0 bridgehead atoms. The van der Waals surface area contributed by atoms with Crippen molar-refractivity contribution in [1.82, 2.24) is 29.9 Å². The number of cyclic esters (lactones) is 5. The molecule has 0 amide bonds. The van der Waals surface area contributed by atoms with Gasteiger partial charge in [0, 0.05) is 61.0 Å². The van der Waals surface area contributed by atoms with Crippen LogP contribution in [0, 0.1) is 5.31 Å². The first kappa shape index (κ1) is 77.5. The maximum atomic E-state index is 11.4. The van der Waals surface area contributed by atoms with Gasteiger partial charge in [-0.3, -0.25) is 14.3 Å². The van der Waals surface area contributed by atoms with Gasteiger partial charge in [-0.2, -0.15) is 0 Å². The van der Waals surface area contributed by atoms with Crippen molar-refractivity contribution in [1.29, 1.82) is 5.31 Å². The van der Waals surface area contributed by atoms with E-state index in [1.165, 1.54) is 53.7 Å². The summed E-state index contributed by atoms with van der Waals surface area (Å²) in [7, 11) is 11.4. The maximum absolute atomic E-state index is 11.4. The summed E-state index contributed by atoms with van der Waals surface area (Å²) in [5.41, 5.74) is 17.8. The van der Waals surface area contributed by atoms with E-state index < -0.39 is 11.2 Å². The number of carbonyl (C=O) groups excluding carboxylic acids is 6. The van der Waals surface area contributed by atoms with Gasteiger partial charge in [-0.05, 0) is 101 Å². The number of carbonyl (C=O) groups is 6. The second kappa shape index (κ2) is 40.9. The molecule has 495 valence electrons. The van der Waals surface area contributed by atoms with Crippen LogP contribution in [-0.4, -0.2) is 142 Å². The van der Waals surface area contributed by atoms with Crippen LogP contribution in [0.15, 0.2) is 90.3 Å². The van der Waals surface area contributed by atoms with Crippen molar-refractivity contribution in [3.05, 3.63) is 169 Å². The zero-order valence-electron chi connectivity index (χ0n) is 54.9. The summed E-state index contributed by atoms with van der Waals surface area (Å²) in [4.78, 5) is 102. The number of fused-ring (bicyclic) bond motifs is 5. The average molecular weight is 1380 g/mol. The van der Waals surface area contributed by atoms with Gasteiger partial charge in [0.25, 0.3) is 0 Å². The fourth-order valence-corrected chi connectivity index (χ4v) is 8.23. The van der Waals surface area contributed by atoms with E-state index >= 15 is 0 Å². The number of allylic oxidation sites excluding steroid dienone is 1. The van der Waals surface area contributed by atoms with E-state index in [9.17, 15) is 38.1 Å². The molecule has 0 saturated carbocycles. The fraction of sp³-hybridized carbons (Fsp3) is 0.367. The summed E-state index contributed by atoms with van der Waals surface area (Å²) in [6.45, 7) is 20.5. The molecule has 6 N–H and O–H groups in total. The van der Waals surface area contributed by atoms with Crippen molar-refractivity contribution in [2.45, 2.75) is 91.6 Å². The minimum Gasteiger partial charge on any atom is -0.481 e. The van der Waals surface area contributed by atoms with Crippen molar-refractivity contribution in [3.63, 3.8) is 0 Å². The third kappa shape index (κ3) is 26.1. The van der Waals surface area contributed by atoms with Gasteiger partial charge in [0.15, 0.2) is 7.41 Å². The Balaban J connectivity index is 0.000000373. The van der Waals surface area contributed by atoms with Crippen LogP contribution >= 0.6 is 50.5 Å². The molecule has 0 saturated heterocycles. The second-order valence-electron chi connectivity index (χ2n) is 19.5. The molecule has 11 heterocycles. The van der Waals surface area contributed by atoms with Crippen LogP contribution in [0.25, 0.3) is 5.57 Å².